The third kappa shape index (κ3) is 4.17. The zero-order valence-corrected chi connectivity index (χ0v) is 14.8. The normalized spacial score (nSPS) is 10.9. The monoisotopic (exact) mass is 395 g/mol. The number of hydrogen-bond donors (Lipinski definition) is 1. The Morgan fingerprint density at radius 2 is 1.59 bits per heavy atom. The molecule has 0 saturated heterocycles. The van der Waals surface area contributed by atoms with E-state index in [2.05, 4.69) is 0 Å². The average Bonchev–Trinajstić information content (AvgIpc) is 2.60. The van der Waals surface area contributed by atoms with E-state index in [1.807, 2.05) is 0 Å². The highest BCUT2D eigenvalue weighted by Crippen LogP contribution is 2.25. The molecule has 0 bridgehead atoms. The van der Waals surface area contributed by atoms with Crippen LogP contribution < -0.4 is 9.46 Å². The highest BCUT2D eigenvalue weighted by molar-refractivity contribution is 7.90. The van der Waals surface area contributed by atoms with Crippen LogP contribution in [0, 0.1) is 27.2 Å². The molecule has 1 N–H and O–H groups in total. The number of ether oxygens (including phenoxy) is 1. The van der Waals surface area contributed by atoms with Gasteiger partial charge in [0.15, 0.2) is 0 Å². The maximum Gasteiger partial charge on any atom is 0.270 e. The summed E-state index contributed by atoms with van der Waals surface area (Å²) in [6.07, 6.45) is 0. The van der Waals surface area contributed by atoms with E-state index in [-0.39, 0.29) is 27.5 Å². The second-order valence-electron chi connectivity index (χ2n) is 5.28. The van der Waals surface area contributed by atoms with Gasteiger partial charge in [0, 0.05) is 24.3 Å². The molecule has 11 nitrogen and oxygen atoms in total. The number of benzene rings is 2. The fraction of sp³-hybridized carbons (Fsp3) is 0.133. The number of rotatable bonds is 6. The molecule has 0 aliphatic rings. The standard InChI is InChI=1S/C15H13N3O8S/c1-9-7-10(17(20)21)4-6-14(9)27(24,25)16-15(19)12-8-11(18(22)23)3-5-13(12)26-2/h3-8H,1-2H3,(H,16,19). The number of nitro groups is 2. The van der Waals surface area contributed by atoms with Crippen LogP contribution in [0.2, 0.25) is 0 Å². The zero-order chi connectivity index (χ0) is 20.4. The zero-order valence-electron chi connectivity index (χ0n) is 14.0. The van der Waals surface area contributed by atoms with Gasteiger partial charge in [0.05, 0.1) is 27.4 Å². The number of aryl methyl sites for hydroxylation is 1. The highest BCUT2D eigenvalue weighted by Gasteiger charge is 2.25. The lowest BCUT2D eigenvalue weighted by atomic mass is 10.1. The average molecular weight is 395 g/mol. The smallest absolute Gasteiger partial charge is 0.270 e. The summed E-state index contributed by atoms with van der Waals surface area (Å²) in [6, 6.07) is 6.18. The second kappa shape index (κ2) is 7.37. The maximum absolute atomic E-state index is 12.5. The summed E-state index contributed by atoms with van der Waals surface area (Å²) >= 11 is 0. The van der Waals surface area contributed by atoms with Crippen molar-refractivity contribution in [2.24, 2.45) is 0 Å². The minimum atomic E-state index is -4.39. The SMILES string of the molecule is COc1ccc([N+](=O)[O-])cc1C(=O)NS(=O)(=O)c1ccc([N+](=O)[O-])cc1C. The summed E-state index contributed by atoms with van der Waals surface area (Å²) in [5.74, 6) is -1.21. The van der Waals surface area contributed by atoms with Gasteiger partial charge in [-0.1, -0.05) is 0 Å². The van der Waals surface area contributed by atoms with Crippen molar-refractivity contribution in [3.8, 4) is 5.75 Å². The first-order valence-electron chi connectivity index (χ1n) is 7.21. The summed E-state index contributed by atoms with van der Waals surface area (Å²) in [7, 11) is -3.17. The quantitative estimate of drug-likeness (QED) is 0.574. The Morgan fingerprint density at radius 3 is 2.11 bits per heavy atom. The van der Waals surface area contributed by atoms with E-state index >= 15 is 0 Å². The molecular formula is C15H13N3O8S. The number of hydrogen-bond acceptors (Lipinski definition) is 8. The van der Waals surface area contributed by atoms with Crippen LogP contribution in [0.1, 0.15) is 15.9 Å². The number of methoxy groups -OCH3 is 1. The van der Waals surface area contributed by atoms with Gasteiger partial charge in [-0.2, -0.15) is 0 Å². The number of sulfonamides is 1. The molecule has 2 rings (SSSR count). The molecule has 0 fully saturated rings. The molecule has 2 aromatic carbocycles. The predicted octanol–water partition coefficient (Wildman–Crippen LogP) is 1.94. The van der Waals surface area contributed by atoms with E-state index in [1.54, 1.807) is 4.72 Å². The number of nitro benzene ring substituents is 2. The Morgan fingerprint density at radius 1 is 1.04 bits per heavy atom. The Balaban J connectivity index is 2.41. The van der Waals surface area contributed by atoms with Gasteiger partial charge < -0.3 is 4.74 Å². The van der Waals surface area contributed by atoms with Crippen LogP contribution in [0.15, 0.2) is 41.3 Å². The summed E-state index contributed by atoms with van der Waals surface area (Å²) in [6.45, 7) is 1.33. The van der Waals surface area contributed by atoms with Crippen LogP contribution in [0.4, 0.5) is 11.4 Å². The van der Waals surface area contributed by atoms with Crippen molar-refractivity contribution in [3.63, 3.8) is 0 Å². The van der Waals surface area contributed by atoms with Gasteiger partial charge in [-0.05, 0) is 24.6 Å². The molecule has 0 heterocycles. The van der Waals surface area contributed by atoms with Crippen LogP contribution in [0.25, 0.3) is 0 Å². The number of amides is 1. The molecule has 0 aromatic heterocycles. The van der Waals surface area contributed by atoms with E-state index in [9.17, 15) is 33.4 Å². The topological polar surface area (TPSA) is 159 Å². The van der Waals surface area contributed by atoms with Crippen molar-refractivity contribution in [3.05, 3.63) is 67.8 Å². The maximum atomic E-state index is 12.5. The molecular weight excluding hydrogens is 382 g/mol. The van der Waals surface area contributed by atoms with E-state index in [0.29, 0.717) is 0 Å². The third-order valence-electron chi connectivity index (χ3n) is 3.52. The first kappa shape index (κ1) is 19.8. The van der Waals surface area contributed by atoms with E-state index in [4.69, 9.17) is 4.74 Å². The predicted molar refractivity (Wildman–Crippen MR) is 92.1 cm³/mol. The van der Waals surface area contributed by atoms with Gasteiger partial charge in [-0.15, -0.1) is 0 Å². The van der Waals surface area contributed by atoms with Crippen molar-refractivity contribution in [2.45, 2.75) is 11.8 Å². The summed E-state index contributed by atoms with van der Waals surface area (Å²) < 4.78 is 31.6. The van der Waals surface area contributed by atoms with Gasteiger partial charge in [0.1, 0.15) is 5.75 Å². The van der Waals surface area contributed by atoms with E-state index in [1.165, 1.54) is 14.0 Å². The molecule has 27 heavy (non-hydrogen) atoms. The summed E-state index contributed by atoms with van der Waals surface area (Å²) in [5.41, 5.74) is -1.03. The van der Waals surface area contributed by atoms with Crippen molar-refractivity contribution in [1.82, 2.24) is 4.72 Å². The van der Waals surface area contributed by atoms with Crippen LogP contribution in [0.3, 0.4) is 0 Å². The lowest BCUT2D eigenvalue weighted by molar-refractivity contribution is -0.385. The molecule has 0 spiro atoms. The minimum Gasteiger partial charge on any atom is -0.496 e. The molecule has 0 unspecified atom stereocenters. The highest BCUT2D eigenvalue weighted by atomic mass is 32.2. The number of carbonyl (C=O) groups excluding carboxylic acids is 1. The Bertz CT molecular complexity index is 1050. The van der Waals surface area contributed by atoms with Crippen molar-refractivity contribution < 1.29 is 27.8 Å². The van der Waals surface area contributed by atoms with E-state index < -0.39 is 31.5 Å². The van der Waals surface area contributed by atoms with Gasteiger partial charge in [0.25, 0.3) is 27.3 Å². The first-order valence-corrected chi connectivity index (χ1v) is 8.69. The van der Waals surface area contributed by atoms with Crippen LogP contribution >= 0.6 is 0 Å². The molecule has 0 saturated carbocycles. The van der Waals surface area contributed by atoms with Crippen LogP contribution in [0.5, 0.6) is 5.75 Å². The third-order valence-corrected chi connectivity index (χ3v) is 5.02. The number of nitrogens with one attached hydrogen (secondary N) is 1. The fourth-order valence-corrected chi connectivity index (χ4v) is 3.46. The molecule has 0 aliphatic carbocycles. The lowest BCUT2D eigenvalue weighted by Gasteiger charge is -2.11. The number of carbonyl (C=O) groups is 1. The Hall–Kier alpha value is -3.54. The molecule has 0 atom stereocenters. The number of non-ortho nitro benzene ring substituents is 2. The van der Waals surface area contributed by atoms with Crippen molar-refractivity contribution >= 4 is 27.3 Å². The van der Waals surface area contributed by atoms with Crippen LogP contribution in [-0.2, 0) is 10.0 Å². The van der Waals surface area contributed by atoms with Crippen LogP contribution in [-0.4, -0.2) is 31.3 Å². The summed E-state index contributed by atoms with van der Waals surface area (Å²) in [4.78, 5) is 32.2. The van der Waals surface area contributed by atoms with Gasteiger partial charge in [-0.25, -0.2) is 13.1 Å². The largest absolute Gasteiger partial charge is 0.496 e. The van der Waals surface area contributed by atoms with Crippen molar-refractivity contribution in [1.29, 1.82) is 0 Å². The Kier molecular flexibility index (Phi) is 5.40. The lowest BCUT2D eigenvalue weighted by Crippen LogP contribution is -2.31. The molecule has 1 amide bonds. The molecule has 142 valence electrons. The summed E-state index contributed by atoms with van der Waals surface area (Å²) in [5, 5.41) is 21.6. The number of nitrogens with zero attached hydrogens (tertiary/aromatic N) is 2. The molecule has 0 radical (unpaired) electrons. The molecule has 0 aliphatic heterocycles. The minimum absolute atomic E-state index is 0.0514. The molecule has 12 heteroatoms. The van der Waals surface area contributed by atoms with Gasteiger partial charge in [0.2, 0.25) is 0 Å². The first-order chi connectivity index (χ1) is 12.6. The molecule has 2 aromatic rings. The van der Waals surface area contributed by atoms with E-state index in [0.717, 1.165) is 36.4 Å². The van der Waals surface area contributed by atoms with Gasteiger partial charge in [-0.3, -0.25) is 25.0 Å². The Labute approximate surface area is 152 Å². The second-order valence-corrected chi connectivity index (χ2v) is 6.93. The fourth-order valence-electron chi connectivity index (χ4n) is 2.27. The van der Waals surface area contributed by atoms with Gasteiger partial charge >= 0.3 is 0 Å². The van der Waals surface area contributed by atoms with Crippen molar-refractivity contribution in [2.75, 3.05) is 7.11 Å².